The summed E-state index contributed by atoms with van der Waals surface area (Å²) in [7, 11) is 0. The maximum absolute atomic E-state index is 12.7. The van der Waals surface area contributed by atoms with Gasteiger partial charge in [-0.15, -0.1) is 11.8 Å². The molecule has 2 N–H and O–H groups in total. The Hall–Kier alpha value is -2.39. The number of carboxylic acids is 1. The molecule has 2 unspecified atom stereocenters. The molecule has 1 aromatic rings. The van der Waals surface area contributed by atoms with Crippen molar-refractivity contribution in [3.05, 3.63) is 29.3 Å². The Labute approximate surface area is 160 Å². The van der Waals surface area contributed by atoms with Crippen molar-refractivity contribution >= 4 is 35.5 Å². The summed E-state index contributed by atoms with van der Waals surface area (Å²) in [5.74, 6) is -1.42. The summed E-state index contributed by atoms with van der Waals surface area (Å²) in [6.45, 7) is 2.06. The molecule has 0 spiro atoms. The fourth-order valence-corrected chi connectivity index (χ4v) is 4.06. The lowest BCUT2D eigenvalue weighted by atomic mass is 10.0. The van der Waals surface area contributed by atoms with Crippen molar-refractivity contribution in [1.29, 1.82) is 0 Å². The van der Waals surface area contributed by atoms with Gasteiger partial charge in [0.05, 0.1) is 6.61 Å². The van der Waals surface area contributed by atoms with Crippen LogP contribution in [-0.4, -0.2) is 58.2 Å². The second-order valence-electron chi connectivity index (χ2n) is 6.38. The highest BCUT2D eigenvalue weighted by molar-refractivity contribution is 7.99. The number of carbonyl (C=O) groups is 4. The number of imide groups is 1. The first-order valence-corrected chi connectivity index (χ1v) is 9.60. The standard InChI is InChI=1S/C18H20N2O6S/c1-10(18(24)25)26-7-8-27-14-4-2-3-11-12(14)9-20(17(11)23)13-5-6-15(21)19-16(13)22/h2-4,10,13H,5-9H2,1H3,(H,24,25)(H,19,21,22). The lowest BCUT2D eigenvalue weighted by molar-refractivity contribution is -0.148. The first-order valence-electron chi connectivity index (χ1n) is 8.62. The van der Waals surface area contributed by atoms with E-state index in [1.54, 1.807) is 12.1 Å². The Morgan fingerprint density at radius 2 is 2.19 bits per heavy atom. The van der Waals surface area contributed by atoms with Gasteiger partial charge in [0, 0.05) is 29.2 Å². The number of carbonyl (C=O) groups excluding carboxylic acids is 3. The van der Waals surface area contributed by atoms with Crippen molar-refractivity contribution in [2.45, 2.75) is 43.4 Å². The predicted molar refractivity (Wildman–Crippen MR) is 96.3 cm³/mol. The SMILES string of the molecule is CC(OCCSc1cccc2c1CN(C1CCC(=O)NC1=O)C2=O)C(=O)O. The zero-order valence-corrected chi connectivity index (χ0v) is 15.6. The minimum atomic E-state index is -1.01. The summed E-state index contributed by atoms with van der Waals surface area (Å²) in [5, 5.41) is 11.1. The number of hydrogen-bond donors (Lipinski definition) is 2. The van der Waals surface area contributed by atoms with Gasteiger partial charge in [-0.05, 0) is 31.0 Å². The van der Waals surface area contributed by atoms with E-state index in [9.17, 15) is 19.2 Å². The van der Waals surface area contributed by atoms with E-state index >= 15 is 0 Å². The normalized spacial score (nSPS) is 20.4. The van der Waals surface area contributed by atoms with Gasteiger partial charge in [-0.25, -0.2) is 4.79 Å². The minimum Gasteiger partial charge on any atom is -0.479 e. The number of rotatable bonds is 7. The van der Waals surface area contributed by atoms with Crippen molar-refractivity contribution < 1.29 is 29.0 Å². The quantitative estimate of drug-likeness (QED) is 0.405. The predicted octanol–water partition coefficient (Wildman–Crippen LogP) is 1.03. The highest BCUT2D eigenvalue weighted by Gasteiger charge is 2.39. The van der Waals surface area contributed by atoms with Crippen LogP contribution in [0, 0.1) is 0 Å². The van der Waals surface area contributed by atoms with Crippen LogP contribution in [0.2, 0.25) is 0 Å². The van der Waals surface area contributed by atoms with E-state index in [0.717, 1.165) is 10.5 Å². The molecule has 2 atom stereocenters. The number of amides is 3. The second kappa shape index (κ2) is 8.10. The van der Waals surface area contributed by atoms with E-state index in [-0.39, 0.29) is 24.8 Å². The van der Waals surface area contributed by atoms with Crippen LogP contribution >= 0.6 is 11.8 Å². The van der Waals surface area contributed by atoms with Gasteiger partial charge < -0.3 is 14.7 Å². The van der Waals surface area contributed by atoms with E-state index in [4.69, 9.17) is 9.84 Å². The van der Waals surface area contributed by atoms with Crippen LogP contribution in [0.1, 0.15) is 35.7 Å². The van der Waals surface area contributed by atoms with Gasteiger partial charge in [-0.1, -0.05) is 6.07 Å². The Kier molecular flexibility index (Phi) is 5.81. The molecule has 0 aliphatic carbocycles. The Morgan fingerprint density at radius 3 is 2.89 bits per heavy atom. The molecular weight excluding hydrogens is 372 g/mol. The highest BCUT2D eigenvalue weighted by Crippen LogP contribution is 2.34. The van der Waals surface area contributed by atoms with Gasteiger partial charge in [0.15, 0.2) is 6.10 Å². The van der Waals surface area contributed by atoms with Crippen LogP contribution in [0.5, 0.6) is 0 Å². The van der Waals surface area contributed by atoms with E-state index in [2.05, 4.69) is 5.32 Å². The second-order valence-corrected chi connectivity index (χ2v) is 7.52. The number of thioether (sulfide) groups is 1. The summed E-state index contributed by atoms with van der Waals surface area (Å²) in [6, 6.07) is 4.77. The lowest BCUT2D eigenvalue weighted by Gasteiger charge is -2.29. The van der Waals surface area contributed by atoms with Crippen LogP contribution in [0.25, 0.3) is 0 Å². The fourth-order valence-electron chi connectivity index (χ4n) is 3.14. The van der Waals surface area contributed by atoms with Crippen LogP contribution in [0.4, 0.5) is 0 Å². The van der Waals surface area contributed by atoms with E-state index in [1.807, 2.05) is 6.07 Å². The number of aliphatic carboxylic acids is 1. The Morgan fingerprint density at radius 1 is 1.41 bits per heavy atom. The third-order valence-electron chi connectivity index (χ3n) is 4.60. The zero-order chi connectivity index (χ0) is 19.6. The van der Waals surface area contributed by atoms with Gasteiger partial charge in [-0.2, -0.15) is 0 Å². The average molecular weight is 392 g/mol. The summed E-state index contributed by atoms with van der Waals surface area (Å²) < 4.78 is 5.22. The Bertz CT molecular complexity index is 796. The molecule has 1 fully saturated rings. The monoisotopic (exact) mass is 392 g/mol. The first kappa shape index (κ1) is 19.4. The van der Waals surface area contributed by atoms with Crippen molar-refractivity contribution in [3.8, 4) is 0 Å². The molecule has 0 aromatic heterocycles. The van der Waals surface area contributed by atoms with Gasteiger partial charge >= 0.3 is 5.97 Å². The molecule has 3 rings (SSSR count). The third kappa shape index (κ3) is 4.14. The van der Waals surface area contributed by atoms with Crippen LogP contribution in [0.3, 0.4) is 0 Å². The van der Waals surface area contributed by atoms with E-state index < -0.39 is 24.0 Å². The molecule has 0 bridgehead atoms. The number of ether oxygens (including phenoxy) is 1. The van der Waals surface area contributed by atoms with Gasteiger partial charge in [0.1, 0.15) is 6.04 Å². The molecule has 27 heavy (non-hydrogen) atoms. The van der Waals surface area contributed by atoms with Crippen LogP contribution in [0.15, 0.2) is 23.1 Å². The number of carboxylic acid groups (broad SMARTS) is 1. The molecule has 1 saturated heterocycles. The summed E-state index contributed by atoms with van der Waals surface area (Å²) >= 11 is 1.48. The molecule has 0 saturated carbocycles. The number of benzene rings is 1. The number of nitrogens with zero attached hydrogens (tertiary/aromatic N) is 1. The molecule has 0 radical (unpaired) electrons. The number of piperidine rings is 1. The summed E-state index contributed by atoms with van der Waals surface area (Å²) in [6.07, 6.45) is -0.318. The molecular formula is C18H20N2O6S. The molecule has 2 aliphatic rings. The van der Waals surface area contributed by atoms with Crippen LogP contribution < -0.4 is 5.32 Å². The van der Waals surface area contributed by atoms with E-state index in [1.165, 1.54) is 23.6 Å². The molecule has 8 nitrogen and oxygen atoms in total. The molecule has 3 amide bonds. The van der Waals surface area contributed by atoms with Gasteiger partial charge in [-0.3, -0.25) is 19.7 Å². The largest absolute Gasteiger partial charge is 0.479 e. The average Bonchev–Trinajstić information content (AvgIpc) is 2.96. The molecule has 2 aliphatic heterocycles. The van der Waals surface area contributed by atoms with E-state index in [0.29, 0.717) is 24.3 Å². The highest BCUT2D eigenvalue weighted by atomic mass is 32.2. The summed E-state index contributed by atoms with van der Waals surface area (Å²) in [5.41, 5.74) is 1.41. The van der Waals surface area contributed by atoms with Crippen molar-refractivity contribution in [1.82, 2.24) is 10.2 Å². The van der Waals surface area contributed by atoms with Gasteiger partial charge in [0.2, 0.25) is 11.8 Å². The minimum absolute atomic E-state index is 0.210. The van der Waals surface area contributed by atoms with Crippen LogP contribution in [-0.2, 0) is 25.7 Å². The summed E-state index contributed by atoms with van der Waals surface area (Å²) in [4.78, 5) is 49.4. The lowest BCUT2D eigenvalue weighted by Crippen LogP contribution is -2.52. The molecule has 2 heterocycles. The van der Waals surface area contributed by atoms with Crippen molar-refractivity contribution in [2.75, 3.05) is 12.4 Å². The number of nitrogens with one attached hydrogen (secondary N) is 1. The number of fused-ring (bicyclic) bond motifs is 1. The van der Waals surface area contributed by atoms with Gasteiger partial charge in [0.25, 0.3) is 5.91 Å². The fraction of sp³-hybridized carbons (Fsp3) is 0.444. The zero-order valence-electron chi connectivity index (χ0n) is 14.8. The molecule has 9 heteroatoms. The maximum atomic E-state index is 12.7. The third-order valence-corrected chi connectivity index (χ3v) is 5.66. The van der Waals surface area contributed by atoms with Crippen molar-refractivity contribution in [2.24, 2.45) is 0 Å². The Balaban J connectivity index is 1.66. The first-order chi connectivity index (χ1) is 12.9. The maximum Gasteiger partial charge on any atom is 0.332 e. The number of hydrogen-bond acceptors (Lipinski definition) is 6. The van der Waals surface area contributed by atoms with Crippen molar-refractivity contribution in [3.63, 3.8) is 0 Å². The smallest absolute Gasteiger partial charge is 0.332 e. The molecule has 144 valence electrons. The topological polar surface area (TPSA) is 113 Å². The molecule has 1 aromatic carbocycles.